The van der Waals surface area contributed by atoms with Crippen LogP contribution in [-0.4, -0.2) is 55.9 Å². The van der Waals surface area contributed by atoms with Gasteiger partial charge in [-0.25, -0.2) is 0 Å². The van der Waals surface area contributed by atoms with Crippen LogP contribution in [-0.2, 0) is 9.47 Å². The zero-order valence-electron chi connectivity index (χ0n) is 11.9. The summed E-state index contributed by atoms with van der Waals surface area (Å²) in [6, 6.07) is 5.09. The smallest absolute Gasteiger partial charge is 0.258 e. The van der Waals surface area contributed by atoms with Gasteiger partial charge in [-0.2, -0.15) is 0 Å². The molecule has 0 aliphatic carbocycles. The molecule has 5 nitrogen and oxygen atoms in total. The van der Waals surface area contributed by atoms with E-state index in [4.69, 9.17) is 25.8 Å². The Morgan fingerprint density at radius 2 is 2.33 bits per heavy atom. The van der Waals surface area contributed by atoms with Gasteiger partial charge in [0, 0.05) is 11.6 Å². The predicted octanol–water partition coefficient (Wildman–Crippen LogP) is 1.98. The molecule has 1 amide bonds. The van der Waals surface area contributed by atoms with E-state index >= 15 is 0 Å². The van der Waals surface area contributed by atoms with E-state index in [2.05, 4.69) is 0 Å². The van der Waals surface area contributed by atoms with Gasteiger partial charge < -0.3 is 19.1 Å². The summed E-state index contributed by atoms with van der Waals surface area (Å²) in [7, 11) is 0. The quantitative estimate of drug-likeness (QED) is 0.856. The Balaban J connectivity index is 1.87. The molecule has 0 unspecified atom stereocenters. The first kappa shape index (κ1) is 14.6. The lowest BCUT2D eigenvalue weighted by molar-refractivity contribution is -0.0382. The molecule has 6 heteroatoms. The SMILES string of the molecule is CCOc1cc(Cl)ccc1C(=O)N1CCO[C@@H]2COC[C@@H]21. The van der Waals surface area contributed by atoms with Crippen molar-refractivity contribution in [2.45, 2.75) is 19.1 Å². The second-order valence-corrected chi connectivity index (χ2v) is 5.52. The van der Waals surface area contributed by atoms with Crippen molar-refractivity contribution in [2.24, 2.45) is 0 Å². The van der Waals surface area contributed by atoms with Crippen LogP contribution >= 0.6 is 11.6 Å². The number of rotatable bonds is 3. The molecule has 0 radical (unpaired) electrons. The number of hydrogen-bond donors (Lipinski definition) is 0. The van der Waals surface area contributed by atoms with Gasteiger partial charge in [-0.1, -0.05) is 11.6 Å². The van der Waals surface area contributed by atoms with Crippen LogP contribution in [0.4, 0.5) is 0 Å². The first-order valence-electron chi connectivity index (χ1n) is 7.13. The lowest BCUT2D eigenvalue weighted by Crippen LogP contribution is -2.53. The third kappa shape index (κ3) is 2.86. The first-order chi connectivity index (χ1) is 10.2. The maximum atomic E-state index is 12.8. The Hall–Kier alpha value is -1.30. The van der Waals surface area contributed by atoms with Gasteiger partial charge in [0.05, 0.1) is 38.0 Å². The molecule has 2 saturated heterocycles. The van der Waals surface area contributed by atoms with Crippen LogP contribution in [0.5, 0.6) is 5.75 Å². The van der Waals surface area contributed by atoms with E-state index in [1.165, 1.54) is 0 Å². The Kier molecular flexibility index (Phi) is 4.33. The number of ether oxygens (including phenoxy) is 3. The molecule has 114 valence electrons. The van der Waals surface area contributed by atoms with Crippen molar-refractivity contribution in [3.8, 4) is 5.75 Å². The maximum Gasteiger partial charge on any atom is 0.258 e. The van der Waals surface area contributed by atoms with E-state index in [0.717, 1.165) is 0 Å². The van der Waals surface area contributed by atoms with Crippen molar-refractivity contribution in [3.05, 3.63) is 28.8 Å². The molecule has 1 aromatic rings. The fourth-order valence-electron chi connectivity index (χ4n) is 2.80. The molecule has 0 bridgehead atoms. The summed E-state index contributed by atoms with van der Waals surface area (Å²) in [6.45, 7) is 4.54. The van der Waals surface area contributed by atoms with Crippen molar-refractivity contribution in [3.63, 3.8) is 0 Å². The molecule has 21 heavy (non-hydrogen) atoms. The van der Waals surface area contributed by atoms with E-state index in [-0.39, 0.29) is 18.1 Å². The van der Waals surface area contributed by atoms with Crippen molar-refractivity contribution in [2.75, 3.05) is 33.0 Å². The molecular weight excluding hydrogens is 294 g/mol. The molecule has 1 aromatic carbocycles. The molecule has 2 heterocycles. The average Bonchev–Trinajstić information content (AvgIpc) is 2.95. The number of carbonyl (C=O) groups is 1. The second-order valence-electron chi connectivity index (χ2n) is 5.09. The molecule has 3 rings (SSSR count). The van der Waals surface area contributed by atoms with Crippen molar-refractivity contribution in [1.82, 2.24) is 4.90 Å². The lowest BCUT2D eigenvalue weighted by atomic mass is 10.1. The van der Waals surface area contributed by atoms with Gasteiger partial charge in [-0.05, 0) is 25.1 Å². The summed E-state index contributed by atoms with van der Waals surface area (Å²) in [5, 5.41) is 0.555. The zero-order valence-corrected chi connectivity index (χ0v) is 12.6. The third-order valence-electron chi connectivity index (χ3n) is 3.80. The third-order valence-corrected chi connectivity index (χ3v) is 4.03. The summed E-state index contributed by atoms with van der Waals surface area (Å²) < 4.78 is 16.6. The van der Waals surface area contributed by atoms with Gasteiger partial charge in [0.15, 0.2) is 0 Å². The zero-order chi connectivity index (χ0) is 14.8. The summed E-state index contributed by atoms with van der Waals surface area (Å²) in [4.78, 5) is 14.7. The molecular formula is C15H18ClNO4. The van der Waals surface area contributed by atoms with Crippen LogP contribution in [0.1, 0.15) is 17.3 Å². The Morgan fingerprint density at radius 1 is 1.48 bits per heavy atom. The minimum atomic E-state index is -0.0566. The van der Waals surface area contributed by atoms with Gasteiger partial charge in [-0.3, -0.25) is 4.79 Å². The van der Waals surface area contributed by atoms with Gasteiger partial charge in [0.2, 0.25) is 0 Å². The van der Waals surface area contributed by atoms with Gasteiger partial charge in [0.25, 0.3) is 5.91 Å². The standard InChI is InChI=1S/C15H18ClNO4/c1-2-20-13-7-10(16)3-4-11(13)15(18)17-5-6-21-14-9-19-8-12(14)17/h3-4,7,12,14H,2,5-6,8-9H2,1H3/t12-,14+/m0/s1. The van der Waals surface area contributed by atoms with E-state index in [9.17, 15) is 4.79 Å². The Labute approximate surface area is 128 Å². The summed E-state index contributed by atoms with van der Waals surface area (Å²) in [6.07, 6.45) is -0.0226. The second kappa shape index (κ2) is 6.22. The monoisotopic (exact) mass is 311 g/mol. The molecule has 2 atom stereocenters. The summed E-state index contributed by atoms with van der Waals surface area (Å²) in [5.41, 5.74) is 0.536. The number of amides is 1. The normalized spacial score (nSPS) is 24.8. The van der Waals surface area contributed by atoms with Crippen LogP contribution in [0.25, 0.3) is 0 Å². The average molecular weight is 312 g/mol. The predicted molar refractivity (Wildman–Crippen MR) is 78.0 cm³/mol. The number of morpholine rings is 1. The minimum absolute atomic E-state index is 0.0172. The molecule has 2 aliphatic heterocycles. The Bertz CT molecular complexity index is 536. The van der Waals surface area contributed by atoms with Crippen molar-refractivity contribution < 1.29 is 19.0 Å². The highest BCUT2D eigenvalue weighted by Gasteiger charge is 2.40. The molecule has 2 aliphatic rings. The number of benzene rings is 1. The fraction of sp³-hybridized carbons (Fsp3) is 0.533. The van der Waals surface area contributed by atoms with Crippen molar-refractivity contribution in [1.29, 1.82) is 0 Å². The highest BCUT2D eigenvalue weighted by molar-refractivity contribution is 6.30. The molecule has 0 spiro atoms. The van der Waals surface area contributed by atoms with Crippen LogP contribution in [0.2, 0.25) is 5.02 Å². The maximum absolute atomic E-state index is 12.8. The van der Waals surface area contributed by atoms with Crippen molar-refractivity contribution >= 4 is 17.5 Å². The Morgan fingerprint density at radius 3 is 3.14 bits per heavy atom. The number of carbonyl (C=O) groups excluding carboxylic acids is 1. The lowest BCUT2D eigenvalue weighted by Gasteiger charge is -2.36. The number of hydrogen-bond acceptors (Lipinski definition) is 4. The minimum Gasteiger partial charge on any atom is -0.493 e. The summed E-state index contributed by atoms with van der Waals surface area (Å²) >= 11 is 5.99. The van der Waals surface area contributed by atoms with Crippen LogP contribution < -0.4 is 4.74 Å². The fourth-order valence-corrected chi connectivity index (χ4v) is 2.96. The molecule has 0 aromatic heterocycles. The van der Waals surface area contributed by atoms with Gasteiger partial charge >= 0.3 is 0 Å². The topological polar surface area (TPSA) is 48.0 Å². The van der Waals surface area contributed by atoms with E-state index < -0.39 is 0 Å². The van der Waals surface area contributed by atoms with Gasteiger partial charge in [0.1, 0.15) is 11.9 Å². The summed E-state index contributed by atoms with van der Waals surface area (Å²) in [5.74, 6) is 0.468. The molecule has 2 fully saturated rings. The highest BCUT2D eigenvalue weighted by Crippen LogP contribution is 2.28. The van der Waals surface area contributed by atoms with E-state index in [1.807, 2.05) is 11.8 Å². The molecule has 0 saturated carbocycles. The van der Waals surface area contributed by atoms with Crippen LogP contribution in [0.3, 0.4) is 0 Å². The number of fused-ring (bicyclic) bond motifs is 1. The van der Waals surface area contributed by atoms with Gasteiger partial charge in [-0.15, -0.1) is 0 Å². The van der Waals surface area contributed by atoms with Crippen LogP contribution in [0, 0.1) is 0 Å². The largest absolute Gasteiger partial charge is 0.493 e. The number of nitrogens with zero attached hydrogens (tertiary/aromatic N) is 1. The highest BCUT2D eigenvalue weighted by atomic mass is 35.5. The first-order valence-corrected chi connectivity index (χ1v) is 7.51. The number of halogens is 1. The van der Waals surface area contributed by atoms with Crippen LogP contribution in [0.15, 0.2) is 18.2 Å². The van der Waals surface area contributed by atoms with E-state index in [1.54, 1.807) is 18.2 Å². The molecule has 0 N–H and O–H groups in total. The van der Waals surface area contributed by atoms with E-state index in [0.29, 0.717) is 49.3 Å².